The largest absolute Gasteiger partial charge is 0.490 e. The lowest BCUT2D eigenvalue weighted by Gasteiger charge is -2.44. The van der Waals surface area contributed by atoms with E-state index in [9.17, 15) is 29.1 Å². The summed E-state index contributed by atoms with van der Waals surface area (Å²) in [6.07, 6.45) is 2.02. The number of ether oxygens (including phenoxy) is 7. The first-order valence-electron chi connectivity index (χ1n) is 21.2. The number of carbonyl (C=O) groups is 5. The number of aliphatic hydroxyl groups excluding tert-OH is 1. The number of hydrogen-bond donors (Lipinski definition) is 1. The van der Waals surface area contributed by atoms with Crippen LogP contribution in [0.4, 0.5) is 0 Å². The highest BCUT2D eigenvalue weighted by Crippen LogP contribution is 2.53. The molecule has 2 saturated carbocycles. The van der Waals surface area contributed by atoms with Crippen molar-refractivity contribution < 1.29 is 62.2 Å². The summed E-state index contributed by atoms with van der Waals surface area (Å²) in [5.74, 6) is -3.17. The van der Waals surface area contributed by atoms with Crippen LogP contribution in [-0.4, -0.2) is 101 Å². The lowest BCUT2D eigenvalue weighted by atomic mass is 9.96. The summed E-state index contributed by atoms with van der Waals surface area (Å²) in [4.78, 5) is 69.1. The molecule has 6 rings (SSSR count). The van der Waals surface area contributed by atoms with Crippen LogP contribution in [0.1, 0.15) is 95.8 Å². The molecular formula is C46H54Cl2N2O13. The summed E-state index contributed by atoms with van der Waals surface area (Å²) in [6, 6.07) is 13.7. The van der Waals surface area contributed by atoms with Gasteiger partial charge >= 0.3 is 23.9 Å². The Morgan fingerprint density at radius 2 is 1.40 bits per heavy atom. The molecule has 0 bridgehead atoms. The van der Waals surface area contributed by atoms with E-state index in [1.165, 1.54) is 4.90 Å². The van der Waals surface area contributed by atoms with Crippen molar-refractivity contribution in [1.29, 1.82) is 0 Å². The average molecular weight is 914 g/mol. The van der Waals surface area contributed by atoms with Gasteiger partial charge in [0.25, 0.3) is 5.91 Å². The summed E-state index contributed by atoms with van der Waals surface area (Å²) >= 11 is 13.7. The number of amides is 1. The summed E-state index contributed by atoms with van der Waals surface area (Å²) < 4.78 is 40.4. The van der Waals surface area contributed by atoms with E-state index < -0.39 is 66.1 Å². The van der Waals surface area contributed by atoms with Crippen LogP contribution in [0.15, 0.2) is 54.9 Å². The molecular weight excluding hydrogens is 859 g/mol. The fraction of sp³-hybridized carbons (Fsp3) is 0.522. The van der Waals surface area contributed by atoms with Gasteiger partial charge in [0.2, 0.25) is 12.4 Å². The molecule has 1 N–H and O–H groups in total. The van der Waals surface area contributed by atoms with Gasteiger partial charge in [0.15, 0.2) is 18.3 Å². The lowest BCUT2D eigenvalue weighted by Crippen LogP contribution is -2.65. The van der Waals surface area contributed by atoms with Crippen LogP contribution >= 0.6 is 23.2 Å². The molecule has 0 radical (unpaired) electrons. The number of unbranched alkanes of at least 4 members (excludes halogenated alkanes) is 2. The molecule has 0 unspecified atom stereocenters. The third-order valence-corrected chi connectivity index (χ3v) is 11.6. The van der Waals surface area contributed by atoms with E-state index >= 15 is 0 Å². The number of benzene rings is 2. The molecule has 5 atom stereocenters. The maximum Gasteiger partial charge on any atom is 0.305 e. The molecule has 1 aromatic heterocycles. The third-order valence-electron chi connectivity index (χ3n) is 10.9. The average Bonchev–Trinajstić information content (AvgIpc) is 4.18. The highest BCUT2D eigenvalue weighted by atomic mass is 35.5. The van der Waals surface area contributed by atoms with Crippen LogP contribution in [-0.2, 0) is 71.0 Å². The summed E-state index contributed by atoms with van der Waals surface area (Å²) in [6.45, 7) is 4.84. The Morgan fingerprint density at radius 1 is 0.778 bits per heavy atom. The zero-order valence-electron chi connectivity index (χ0n) is 35.8. The van der Waals surface area contributed by atoms with E-state index in [4.69, 9.17) is 56.4 Å². The molecule has 1 amide bonds. The molecule has 15 nitrogen and oxygen atoms in total. The number of halogens is 2. The number of rotatable bonds is 21. The minimum Gasteiger partial charge on any atom is -0.490 e. The number of aryl methyl sites for hydroxylation is 1. The lowest BCUT2D eigenvalue weighted by molar-refractivity contribution is -0.292. The van der Waals surface area contributed by atoms with E-state index in [0.717, 1.165) is 86.9 Å². The first-order valence-corrected chi connectivity index (χ1v) is 22.0. The van der Waals surface area contributed by atoms with Gasteiger partial charge in [-0.3, -0.25) is 29.0 Å². The molecule has 3 aliphatic rings. The van der Waals surface area contributed by atoms with E-state index in [0.29, 0.717) is 42.1 Å². The van der Waals surface area contributed by atoms with Gasteiger partial charge in [-0.05, 0) is 98.7 Å². The van der Waals surface area contributed by atoms with Crippen molar-refractivity contribution in [3.05, 3.63) is 81.6 Å². The van der Waals surface area contributed by atoms with Crippen molar-refractivity contribution in [2.45, 2.75) is 135 Å². The van der Waals surface area contributed by atoms with Crippen LogP contribution in [0.25, 0.3) is 11.1 Å². The first-order chi connectivity index (χ1) is 30.2. The minimum absolute atomic E-state index is 0.110. The zero-order chi connectivity index (χ0) is 45.3. The molecule has 2 aromatic carbocycles. The Hall–Kier alpha value is -4.80. The molecule has 340 valence electrons. The van der Waals surface area contributed by atoms with Crippen molar-refractivity contribution >= 4 is 53.0 Å². The summed E-state index contributed by atoms with van der Waals surface area (Å²) in [5.41, 5.74) is 4.04. The quantitative estimate of drug-likeness (QED) is 0.0667. The van der Waals surface area contributed by atoms with Crippen molar-refractivity contribution in [2.24, 2.45) is 0 Å². The topological polar surface area (TPSA) is 186 Å². The number of pyridine rings is 1. The Bertz CT molecular complexity index is 2130. The normalized spacial score (nSPS) is 21.2. The molecule has 63 heavy (non-hydrogen) atoms. The number of esters is 4. The Labute approximate surface area is 376 Å². The maximum absolute atomic E-state index is 14.3. The Morgan fingerprint density at radius 3 is 2.05 bits per heavy atom. The van der Waals surface area contributed by atoms with Gasteiger partial charge in [-0.1, -0.05) is 41.4 Å². The number of para-hydroxylation sites is 1. The summed E-state index contributed by atoms with van der Waals surface area (Å²) in [5, 5.41) is 10.5. The van der Waals surface area contributed by atoms with Crippen molar-refractivity contribution in [3.8, 4) is 16.9 Å². The first kappa shape index (κ1) is 47.7. The predicted molar refractivity (Wildman–Crippen MR) is 228 cm³/mol. The molecule has 17 heteroatoms. The fourth-order valence-corrected chi connectivity index (χ4v) is 8.20. The van der Waals surface area contributed by atoms with Gasteiger partial charge in [-0.15, -0.1) is 0 Å². The van der Waals surface area contributed by atoms with Crippen LogP contribution in [0.2, 0.25) is 10.0 Å². The van der Waals surface area contributed by atoms with Gasteiger partial charge in [-0.25, -0.2) is 0 Å². The predicted octanol–water partition coefficient (Wildman–Crippen LogP) is 6.81. The number of aromatic nitrogens is 1. The molecule has 3 fully saturated rings. The smallest absolute Gasteiger partial charge is 0.305 e. The number of hydrogen-bond acceptors (Lipinski definition) is 14. The SMILES string of the molecule is CC(=O)O[C@@H]1O[C@H](C(=O)N(CCCCO)CCCCc2cc(Cl)c(COC3(c4cnccc4-c4ccccc4OC4CC4)CC3)cc2Cl)[C@@H](OC(C)=O)[C@H](OC(C)=O)[C@H]1OC(C)=O. The van der Waals surface area contributed by atoms with Gasteiger partial charge in [0.1, 0.15) is 5.75 Å². The highest BCUT2D eigenvalue weighted by Gasteiger charge is 2.56. The second kappa shape index (κ2) is 21.7. The monoisotopic (exact) mass is 912 g/mol. The van der Waals surface area contributed by atoms with Gasteiger partial charge in [-0.2, -0.15) is 0 Å². The van der Waals surface area contributed by atoms with Gasteiger partial charge in [0.05, 0.1) is 18.3 Å². The van der Waals surface area contributed by atoms with E-state index in [-0.39, 0.29) is 32.4 Å². The zero-order valence-corrected chi connectivity index (χ0v) is 37.4. The molecule has 1 aliphatic heterocycles. The van der Waals surface area contributed by atoms with E-state index in [2.05, 4.69) is 11.1 Å². The third kappa shape index (κ3) is 12.7. The molecule has 2 heterocycles. The van der Waals surface area contributed by atoms with Crippen LogP contribution in [0.3, 0.4) is 0 Å². The van der Waals surface area contributed by atoms with Crippen molar-refractivity contribution in [1.82, 2.24) is 9.88 Å². The molecule has 0 spiro atoms. The Balaban J connectivity index is 1.12. The maximum atomic E-state index is 14.3. The van der Waals surface area contributed by atoms with Gasteiger partial charge < -0.3 is 43.2 Å². The second-order valence-electron chi connectivity index (χ2n) is 16.0. The molecule has 1 saturated heterocycles. The number of aliphatic hydroxyl groups is 1. The Kier molecular flexibility index (Phi) is 16.4. The molecule has 2 aliphatic carbocycles. The molecule has 3 aromatic rings. The minimum atomic E-state index is -1.69. The number of carbonyl (C=O) groups excluding carboxylic acids is 5. The van der Waals surface area contributed by atoms with E-state index in [1.807, 2.05) is 42.6 Å². The van der Waals surface area contributed by atoms with Crippen LogP contribution < -0.4 is 4.74 Å². The highest BCUT2D eigenvalue weighted by molar-refractivity contribution is 6.34. The van der Waals surface area contributed by atoms with E-state index in [1.54, 1.807) is 6.20 Å². The fourth-order valence-electron chi connectivity index (χ4n) is 7.68. The van der Waals surface area contributed by atoms with Crippen molar-refractivity contribution in [2.75, 3.05) is 19.7 Å². The van der Waals surface area contributed by atoms with Crippen LogP contribution in [0.5, 0.6) is 5.75 Å². The van der Waals surface area contributed by atoms with Gasteiger partial charge in [0, 0.05) is 81.0 Å². The number of nitrogens with zero attached hydrogens (tertiary/aromatic N) is 2. The second-order valence-corrected chi connectivity index (χ2v) is 16.8. The van der Waals surface area contributed by atoms with Crippen LogP contribution in [0, 0.1) is 0 Å². The van der Waals surface area contributed by atoms with Crippen molar-refractivity contribution in [3.63, 3.8) is 0 Å². The standard InChI is InChI=1S/C46H54Cl2N2O13/c1-27(52)58-40-41(59-28(2)53)43(60-29(3)54)45(61-30(4)55)63-42(40)44(56)50(21-9-10-22-51)20-8-7-11-31-23-38(48)32(24-37(31)47)26-57-46(17-18-46)36-25-49-19-16-34(36)35-12-5-6-13-39(35)62-33-14-15-33/h5-6,12-13,16,19,23-25,33,40-43,45,51H,7-11,14-15,17-18,20-22,26H2,1-4H3/t40-,41-,42-,43+,45+/m0/s1. The summed E-state index contributed by atoms with van der Waals surface area (Å²) in [7, 11) is 0.